The van der Waals surface area contributed by atoms with Gasteiger partial charge in [-0.2, -0.15) is 24.9 Å². The Bertz CT molecular complexity index is 984. The molecule has 178 valence electrons. The van der Waals surface area contributed by atoms with Crippen molar-refractivity contribution in [3.63, 3.8) is 0 Å². The molecule has 7 heteroatoms. The third kappa shape index (κ3) is 4.88. The molecule has 1 amide bonds. The molecule has 0 saturated carbocycles. The monoisotopic (exact) mass is 476 g/mol. The number of hydrogen-bond donors (Lipinski definition) is 1. The number of amides is 1. The molecule has 0 spiro atoms. The molecule has 0 radical (unpaired) electrons. The standard InChI is InChI=1S/C26H31F3N2OS/c1-25(2)21-7-5-4-6-19(21)16-22(25)30-20-10-8-17(9-11-20)23(26(27,28)29)31(3)24(32)18-12-14-33-15-13-18/h4-11,18,22-23,30H,12-16H2,1-3H3. The van der Waals surface area contributed by atoms with Crippen molar-refractivity contribution in [2.24, 2.45) is 5.92 Å². The van der Waals surface area contributed by atoms with Crippen molar-refractivity contribution in [1.29, 1.82) is 0 Å². The number of rotatable bonds is 5. The van der Waals surface area contributed by atoms with E-state index in [2.05, 4.69) is 31.3 Å². The van der Waals surface area contributed by atoms with Gasteiger partial charge in [-0.1, -0.05) is 50.2 Å². The molecule has 0 bridgehead atoms. The predicted molar refractivity (Wildman–Crippen MR) is 129 cm³/mol. The van der Waals surface area contributed by atoms with Gasteiger partial charge in [0.2, 0.25) is 5.91 Å². The van der Waals surface area contributed by atoms with E-state index in [-0.39, 0.29) is 22.9 Å². The first-order chi connectivity index (χ1) is 15.6. The lowest BCUT2D eigenvalue weighted by molar-refractivity contribution is -0.190. The van der Waals surface area contributed by atoms with Gasteiger partial charge in [-0.25, -0.2) is 0 Å². The van der Waals surface area contributed by atoms with Crippen LogP contribution in [0.5, 0.6) is 0 Å². The highest BCUT2D eigenvalue weighted by Gasteiger charge is 2.46. The molecule has 1 fully saturated rings. The van der Waals surface area contributed by atoms with E-state index in [1.54, 1.807) is 23.9 Å². The van der Waals surface area contributed by atoms with Crippen LogP contribution in [-0.2, 0) is 16.6 Å². The molecule has 1 aliphatic heterocycles. The third-order valence-electron chi connectivity index (χ3n) is 7.19. The SMILES string of the molecule is CN(C(=O)C1CCSCC1)C(c1ccc(NC2Cc3ccccc3C2(C)C)cc1)C(F)(F)F. The second kappa shape index (κ2) is 9.24. The molecular weight excluding hydrogens is 445 g/mol. The second-order valence-corrected chi connectivity index (χ2v) is 10.9. The van der Waals surface area contributed by atoms with Gasteiger partial charge in [-0.05, 0) is 59.6 Å². The van der Waals surface area contributed by atoms with Gasteiger partial charge in [0.25, 0.3) is 0 Å². The van der Waals surface area contributed by atoms with Crippen LogP contribution < -0.4 is 5.32 Å². The van der Waals surface area contributed by atoms with E-state index >= 15 is 0 Å². The van der Waals surface area contributed by atoms with Gasteiger partial charge in [0.05, 0.1) is 0 Å². The van der Waals surface area contributed by atoms with Gasteiger partial charge in [0, 0.05) is 30.1 Å². The molecule has 1 aliphatic carbocycles. The van der Waals surface area contributed by atoms with Crippen LogP contribution in [0.2, 0.25) is 0 Å². The zero-order valence-electron chi connectivity index (χ0n) is 19.3. The largest absolute Gasteiger partial charge is 0.413 e. The van der Waals surface area contributed by atoms with Crippen molar-refractivity contribution < 1.29 is 18.0 Å². The van der Waals surface area contributed by atoms with Crippen LogP contribution in [0.3, 0.4) is 0 Å². The maximum absolute atomic E-state index is 14.1. The van der Waals surface area contributed by atoms with E-state index in [0.717, 1.165) is 28.5 Å². The molecule has 33 heavy (non-hydrogen) atoms. The molecular formula is C26H31F3N2OS. The van der Waals surface area contributed by atoms with Gasteiger partial charge in [-0.15, -0.1) is 0 Å². The minimum atomic E-state index is -4.54. The van der Waals surface area contributed by atoms with Gasteiger partial charge < -0.3 is 10.2 Å². The number of benzene rings is 2. The van der Waals surface area contributed by atoms with Crippen LogP contribution in [0, 0.1) is 5.92 Å². The van der Waals surface area contributed by atoms with E-state index < -0.39 is 18.1 Å². The van der Waals surface area contributed by atoms with E-state index in [1.807, 2.05) is 12.1 Å². The maximum Gasteiger partial charge on any atom is 0.413 e. The summed E-state index contributed by atoms with van der Waals surface area (Å²) in [5.74, 6) is 0.907. The smallest absolute Gasteiger partial charge is 0.381 e. The van der Waals surface area contributed by atoms with Crippen LogP contribution in [0.15, 0.2) is 48.5 Å². The Morgan fingerprint density at radius 2 is 1.73 bits per heavy atom. The number of alkyl halides is 3. The Balaban J connectivity index is 1.51. The fraction of sp³-hybridized carbons (Fsp3) is 0.500. The molecule has 2 atom stereocenters. The Hall–Kier alpha value is -2.15. The van der Waals surface area contributed by atoms with E-state index in [0.29, 0.717) is 12.8 Å². The predicted octanol–water partition coefficient (Wildman–Crippen LogP) is 6.21. The highest BCUT2D eigenvalue weighted by atomic mass is 32.2. The maximum atomic E-state index is 14.1. The number of nitrogens with zero attached hydrogens (tertiary/aromatic N) is 1. The van der Waals surface area contributed by atoms with Crippen molar-refractivity contribution >= 4 is 23.4 Å². The summed E-state index contributed by atoms with van der Waals surface area (Å²) < 4.78 is 42.2. The minimum absolute atomic E-state index is 0.0862. The van der Waals surface area contributed by atoms with Crippen molar-refractivity contribution in [2.75, 3.05) is 23.9 Å². The average Bonchev–Trinajstić information content (AvgIpc) is 3.04. The fourth-order valence-corrected chi connectivity index (χ4v) is 6.28. The molecule has 2 aromatic rings. The Labute approximate surface area is 198 Å². The number of carbonyl (C=O) groups excluding carboxylic acids is 1. The second-order valence-electron chi connectivity index (χ2n) is 9.68. The lowest BCUT2D eigenvalue weighted by Crippen LogP contribution is -2.43. The number of anilines is 1. The number of carbonyl (C=O) groups is 1. The average molecular weight is 477 g/mol. The Morgan fingerprint density at radius 1 is 1.09 bits per heavy atom. The molecule has 2 unspecified atom stereocenters. The quantitative estimate of drug-likeness (QED) is 0.557. The van der Waals surface area contributed by atoms with Gasteiger partial charge in [0.1, 0.15) is 0 Å². The number of fused-ring (bicyclic) bond motifs is 1. The Kier molecular flexibility index (Phi) is 6.72. The van der Waals surface area contributed by atoms with Gasteiger partial charge in [0.15, 0.2) is 6.04 Å². The fourth-order valence-electron chi connectivity index (χ4n) is 5.18. The molecule has 4 rings (SSSR count). The summed E-state index contributed by atoms with van der Waals surface area (Å²) in [5.41, 5.74) is 3.38. The van der Waals surface area contributed by atoms with Crippen molar-refractivity contribution in [3.05, 3.63) is 65.2 Å². The van der Waals surface area contributed by atoms with Gasteiger partial charge in [-0.3, -0.25) is 4.79 Å². The summed E-state index contributed by atoms with van der Waals surface area (Å²) >= 11 is 1.75. The van der Waals surface area contributed by atoms with Crippen molar-refractivity contribution in [3.8, 4) is 0 Å². The molecule has 2 aliphatic rings. The molecule has 1 N–H and O–H groups in total. The van der Waals surface area contributed by atoms with E-state index in [1.165, 1.54) is 30.3 Å². The lowest BCUT2D eigenvalue weighted by atomic mass is 9.83. The minimum Gasteiger partial charge on any atom is -0.381 e. The molecule has 3 nitrogen and oxygen atoms in total. The molecule has 2 aromatic carbocycles. The number of halogens is 3. The zero-order chi connectivity index (χ0) is 23.8. The van der Waals surface area contributed by atoms with Crippen LogP contribution in [-0.4, -0.2) is 41.6 Å². The first kappa shape index (κ1) is 24.0. The highest BCUT2D eigenvalue weighted by molar-refractivity contribution is 7.99. The van der Waals surface area contributed by atoms with Crippen LogP contribution in [0.4, 0.5) is 18.9 Å². The summed E-state index contributed by atoms with van der Waals surface area (Å²) in [4.78, 5) is 13.7. The molecule has 0 aromatic heterocycles. The van der Waals surface area contributed by atoms with Crippen LogP contribution in [0.25, 0.3) is 0 Å². The number of hydrogen-bond acceptors (Lipinski definition) is 3. The Morgan fingerprint density at radius 3 is 2.33 bits per heavy atom. The first-order valence-electron chi connectivity index (χ1n) is 11.4. The summed E-state index contributed by atoms with van der Waals surface area (Å²) in [6.45, 7) is 4.38. The van der Waals surface area contributed by atoms with E-state index in [9.17, 15) is 18.0 Å². The van der Waals surface area contributed by atoms with Crippen molar-refractivity contribution in [1.82, 2.24) is 4.90 Å². The number of nitrogens with one attached hydrogen (secondary N) is 1. The topological polar surface area (TPSA) is 32.3 Å². The summed E-state index contributed by atoms with van der Waals surface area (Å²) in [7, 11) is 1.28. The summed E-state index contributed by atoms with van der Waals surface area (Å²) in [5, 5.41) is 3.52. The zero-order valence-corrected chi connectivity index (χ0v) is 20.1. The van der Waals surface area contributed by atoms with Gasteiger partial charge >= 0.3 is 6.18 Å². The highest BCUT2D eigenvalue weighted by Crippen LogP contribution is 2.41. The third-order valence-corrected chi connectivity index (χ3v) is 8.24. The summed E-state index contributed by atoms with van der Waals surface area (Å²) in [6, 6.07) is 12.9. The number of thioether (sulfide) groups is 1. The molecule has 1 heterocycles. The normalized spacial score (nSPS) is 21.3. The molecule has 1 saturated heterocycles. The van der Waals surface area contributed by atoms with Crippen molar-refractivity contribution in [2.45, 2.75) is 56.8 Å². The summed E-state index contributed by atoms with van der Waals surface area (Å²) in [6.07, 6.45) is -2.40. The first-order valence-corrected chi connectivity index (χ1v) is 12.6. The van der Waals surface area contributed by atoms with E-state index in [4.69, 9.17) is 0 Å². The lowest BCUT2D eigenvalue weighted by Gasteiger charge is -2.34. The van der Waals surface area contributed by atoms with Crippen LogP contribution >= 0.6 is 11.8 Å². The van der Waals surface area contributed by atoms with Crippen LogP contribution in [0.1, 0.15) is 49.4 Å².